The summed E-state index contributed by atoms with van der Waals surface area (Å²) in [5.41, 5.74) is 1.07. The molecule has 0 aromatic carbocycles. The van der Waals surface area contributed by atoms with Gasteiger partial charge in [0.2, 0.25) is 0 Å². The Morgan fingerprint density at radius 2 is 2.31 bits per heavy atom. The molecule has 6 heteroatoms. The SMILES string of the molecule is N#Cc1cnn2c1[nH]c(=O)c1ccncc12. The van der Waals surface area contributed by atoms with Gasteiger partial charge in [-0.1, -0.05) is 0 Å². The highest BCUT2D eigenvalue weighted by Crippen LogP contribution is 2.11. The van der Waals surface area contributed by atoms with Crippen LogP contribution < -0.4 is 5.56 Å². The summed E-state index contributed by atoms with van der Waals surface area (Å²) in [6.45, 7) is 0. The Morgan fingerprint density at radius 1 is 1.44 bits per heavy atom. The van der Waals surface area contributed by atoms with Crippen LogP contribution in [0.25, 0.3) is 16.6 Å². The van der Waals surface area contributed by atoms with E-state index in [9.17, 15) is 4.79 Å². The molecule has 76 valence electrons. The zero-order valence-corrected chi connectivity index (χ0v) is 8.01. The summed E-state index contributed by atoms with van der Waals surface area (Å²) in [7, 11) is 0. The lowest BCUT2D eigenvalue weighted by molar-refractivity contribution is 0.972. The zero-order chi connectivity index (χ0) is 11.1. The van der Waals surface area contributed by atoms with Crippen molar-refractivity contribution in [3.8, 4) is 6.07 Å². The van der Waals surface area contributed by atoms with Crippen molar-refractivity contribution in [1.29, 1.82) is 5.26 Å². The molecule has 0 radical (unpaired) electrons. The molecule has 3 aromatic heterocycles. The van der Waals surface area contributed by atoms with Gasteiger partial charge < -0.3 is 4.98 Å². The third-order valence-electron chi connectivity index (χ3n) is 2.39. The predicted molar refractivity (Wildman–Crippen MR) is 55.8 cm³/mol. The number of aromatic nitrogens is 4. The van der Waals surface area contributed by atoms with E-state index < -0.39 is 0 Å². The van der Waals surface area contributed by atoms with Gasteiger partial charge in [0.25, 0.3) is 5.56 Å². The Labute approximate surface area is 88.8 Å². The Morgan fingerprint density at radius 3 is 3.12 bits per heavy atom. The van der Waals surface area contributed by atoms with Crippen molar-refractivity contribution in [2.75, 3.05) is 0 Å². The predicted octanol–water partition coefficient (Wildman–Crippen LogP) is 0.442. The molecule has 0 aliphatic heterocycles. The van der Waals surface area contributed by atoms with Gasteiger partial charge in [-0.15, -0.1) is 0 Å². The minimum atomic E-state index is -0.248. The summed E-state index contributed by atoms with van der Waals surface area (Å²) in [5.74, 6) is 0. The van der Waals surface area contributed by atoms with E-state index in [0.29, 0.717) is 22.1 Å². The topological polar surface area (TPSA) is 86.8 Å². The smallest absolute Gasteiger partial charge is 0.259 e. The zero-order valence-electron chi connectivity index (χ0n) is 8.01. The normalized spacial score (nSPS) is 10.7. The number of H-pyrrole nitrogens is 1. The van der Waals surface area contributed by atoms with Crippen LogP contribution in [0.1, 0.15) is 5.56 Å². The molecule has 0 aliphatic rings. The van der Waals surface area contributed by atoms with E-state index >= 15 is 0 Å². The number of nitrogens with one attached hydrogen (secondary N) is 1. The maximum atomic E-state index is 11.7. The number of nitrogens with zero attached hydrogens (tertiary/aromatic N) is 4. The van der Waals surface area contributed by atoms with Gasteiger partial charge in [-0.2, -0.15) is 10.4 Å². The summed E-state index contributed by atoms with van der Waals surface area (Å²) in [6.07, 6.45) is 4.50. The van der Waals surface area contributed by atoms with Gasteiger partial charge in [-0.25, -0.2) is 4.52 Å². The monoisotopic (exact) mass is 211 g/mol. The lowest BCUT2D eigenvalue weighted by atomic mass is 10.3. The quantitative estimate of drug-likeness (QED) is 0.584. The molecule has 3 rings (SSSR count). The van der Waals surface area contributed by atoms with E-state index in [4.69, 9.17) is 5.26 Å². The first kappa shape index (κ1) is 8.61. The van der Waals surface area contributed by atoms with Crippen molar-refractivity contribution in [3.05, 3.63) is 40.6 Å². The Kier molecular flexibility index (Phi) is 1.56. The number of hydrogen-bond acceptors (Lipinski definition) is 4. The second-order valence-corrected chi connectivity index (χ2v) is 3.28. The van der Waals surface area contributed by atoms with Crippen LogP contribution >= 0.6 is 0 Å². The van der Waals surface area contributed by atoms with Crippen molar-refractivity contribution in [2.24, 2.45) is 0 Å². The summed E-state index contributed by atoms with van der Waals surface area (Å²) in [4.78, 5) is 18.3. The molecule has 16 heavy (non-hydrogen) atoms. The Balaban J connectivity index is 2.67. The van der Waals surface area contributed by atoms with Crippen molar-refractivity contribution in [2.45, 2.75) is 0 Å². The number of fused-ring (bicyclic) bond motifs is 3. The molecule has 0 saturated heterocycles. The fourth-order valence-corrected chi connectivity index (χ4v) is 1.65. The fourth-order valence-electron chi connectivity index (χ4n) is 1.65. The molecule has 0 spiro atoms. The minimum absolute atomic E-state index is 0.248. The van der Waals surface area contributed by atoms with E-state index in [2.05, 4.69) is 15.1 Å². The molecule has 0 atom stereocenters. The van der Waals surface area contributed by atoms with Crippen LogP contribution in [-0.4, -0.2) is 19.6 Å². The first-order valence-electron chi connectivity index (χ1n) is 4.55. The summed E-state index contributed by atoms with van der Waals surface area (Å²) < 4.78 is 1.50. The lowest BCUT2D eigenvalue weighted by Gasteiger charge is -1.99. The average molecular weight is 211 g/mol. The van der Waals surface area contributed by atoms with Crippen LogP contribution in [-0.2, 0) is 0 Å². The first-order valence-corrected chi connectivity index (χ1v) is 4.55. The molecule has 0 saturated carbocycles. The maximum Gasteiger partial charge on any atom is 0.259 e. The molecule has 0 unspecified atom stereocenters. The van der Waals surface area contributed by atoms with Gasteiger partial charge in [-0.3, -0.25) is 9.78 Å². The highest BCUT2D eigenvalue weighted by atomic mass is 16.1. The largest absolute Gasteiger partial charge is 0.305 e. The molecule has 0 fully saturated rings. The molecular formula is C10H5N5O. The van der Waals surface area contributed by atoms with E-state index in [0.717, 1.165) is 0 Å². The summed E-state index contributed by atoms with van der Waals surface area (Å²) in [5, 5.41) is 13.4. The third-order valence-corrected chi connectivity index (χ3v) is 2.39. The van der Waals surface area contributed by atoms with E-state index in [1.807, 2.05) is 6.07 Å². The highest BCUT2D eigenvalue weighted by molar-refractivity contribution is 5.79. The van der Waals surface area contributed by atoms with Crippen LogP contribution in [0, 0.1) is 11.3 Å². The van der Waals surface area contributed by atoms with Crippen LogP contribution in [0.4, 0.5) is 0 Å². The number of rotatable bonds is 0. The molecule has 0 aliphatic carbocycles. The molecule has 3 aromatic rings. The van der Waals surface area contributed by atoms with Gasteiger partial charge in [0, 0.05) is 6.20 Å². The second kappa shape index (κ2) is 2.90. The first-order chi connectivity index (χ1) is 7.81. The number of nitriles is 1. The van der Waals surface area contributed by atoms with Crippen LogP contribution in [0.5, 0.6) is 0 Å². The number of aromatic amines is 1. The minimum Gasteiger partial charge on any atom is -0.305 e. The van der Waals surface area contributed by atoms with Crippen molar-refractivity contribution < 1.29 is 0 Å². The molecule has 6 nitrogen and oxygen atoms in total. The van der Waals surface area contributed by atoms with Crippen molar-refractivity contribution >= 4 is 16.6 Å². The van der Waals surface area contributed by atoms with Crippen LogP contribution in [0.3, 0.4) is 0 Å². The molecule has 1 N–H and O–H groups in total. The lowest BCUT2D eigenvalue weighted by Crippen LogP contribution is -2.10. The second-order valence-electron chi connectivity index (χ2n) is 3.28. The van der Waals surface area contributed by atoms with Gasteiger partial charge >= 0.3 is 0 Å². The molecule has 0 bridgehead atoms. The van der Waals surface area contributed by atoms with E-state index in [1.165, 1.54) is 16.9 Å². The highest BCUT2D eigenvalue weighted by Gasteiger charge is 2.09. The molecular weight excluding hydrogens is 206 g/mol. The van der Waals surface area contributed by atoms with Gasteiger partial charge in [0.15, 0.2) is 5.65 Å². The van der Waals surface area contributed by atoms with Gasteiger partial charge in [0.1, 0.15) is 11.6 Å². The Bertz CT molecular complexity index is 792. The maximum absolute atomic E-state index is 11.7. The van der Waals surface area contributed by atoms with E-state index in [-0.39, 0.29) is 5.56 Å². The van der Waals surface area contributed by atoms with Crippen LogP contribution in [0.2, 0.25) is 0 Å². The van der Waals surface area contributed by atoms with Gasteiger partial charge in [0.05, 0.1) is 23.3 Å². The standard InChI is InChI=1S/C10H5N5O/c11-3-6-4-13-15-8-5-12-2-1-7(8)10(16)14-9(6)15/h1-2,4-5H,(H,14,16). The Hall–Kier alpha value is -2.68. The number of pyridine rings is 1. The average Bonchev–Trinajstić information content (AvgIpc) is 2.72. The summed E-state index contributed by atoms with van der Waals surface area (Å²) >= 11 is 0. The molecule has 0 amide bonds. The third kappa shape index (κ3) is 0.966. The fraction of sp³-hybridized carbons (Fsp3) is 0. The molecule has 3 heterocycles. The number of hydrogen-bond donors (Lipinski definition) is 1. The van der Waals surface area contributed by atoms with Gasteiger partial charge in [-0.05, 0) is 6.07 Å². The van der Waals surface area contributed by atoms with Crippen molar-refractivity contribution in [3.63, 3.8) is 0 Å². The summed E-state index contributed by atoms with van der Waals surface area (Å²) in [6, 6.07) is 3.58. The van der Waals surface area contributed by atoms with E-state index in [1.54, 1.807) is 12.3 Å². The van der Waals surface area contributed by atoms with Crippen LogP contribution in [0.15, 0.2) is 29.5 Å². The van der Waals surface area contributed by atoms with Crippen molar-refractivity contribution in [1.82, 2.24) is 19.6 Å².